The first-order chi connectivity index (χ1) is 24.3. The van der Waals surface area contributed by atoms with Gasteiger partial charge in [0.25, 0.3) is 11.5 Å². The topological polar surface area (TPSA) is 147 Å². The highest BCUT2D eigenvalue weighted by molar-refractivity contribution is 5.98. The highest BCUT2D eigenvalue weighted by atomic mass is 19.4. The number of alkyl halides is 3. The molecular formula is C35H30F5N5O6. The van der Waals surface area contributed by atoms with E-state index in [9.17, 15) is 37.8 Å². The van der Waals surface area contributed by atoms with Gasteiger partial charge in [-0.2, -0.15) is 23.2 Å². The lowest BCUT2D eigenvalue weighted by atomic mass is 9.99. The number of aryl methyl sites for hydroxylation is 2. The van der Waals surface area contributed by atoms with Crippen LogP contribution in [0.3, 0.4) is 0 Å². The third kappa shape index (κ3) is 8.19. The van der Waals surface area contributed by atoms with Crippen molar-refractivity contribution in [1.29, 1.82) is 0 Å². The van der Waals surface area contributed by atoms with E-state index in [1.807, 2.05) is 0 Å². The number of aliphatic hydroxyl groups excluding tert-OH is 2. The van der Waals surface area contributed by atoms with Gasteiger partial charge in [0.1, 0.15) is 17.3 Å². The average Bonchev–Trinajstić information content (AvgIpc) is 3.10. The summed E-state index contributed by atoms with van der Waals surface area (Å²) >= 11 is 0. The number of pyridine rings is 1. The molecule has 0 spiro atoms. The Labute approximate surface area is 286 Å². The van der Waals surface area contributed by atoms with Crippen LogP contribution in [0.25, 0.3) is 28.0 Å². The molecule has 0 aliphatic rings. The summed E-state index contributed by atoms with van der Waals surface area (Å²) in [4.78, 5) is 52.0. The predicted molar refractivity (Wildman–Crippen MR) is 175 cm³/mol. The van der Waals surface area contributed by atoms with Gasteiger partial charge in [-0.05, 0) is 61.2 Å². The van der Waals surface area contributed by atoms with E-state index in [0.29, 0.717) is 21.6 Å². The van der Waals surface area contributed by atoms with Crippen molar-refractivity contribution in [1.82, 2.24) is 19.6 Å². The number of anilines is 1. The molecular weight excluding hydrogens is 681 g/mol. The Morgan fingerprint density at radius 3 is 2.27 bits per heavy atom. The van der Waals surface area contributed by atoms with Crippen LogP contribution in [0.15, 0.2) is 83.7 Å². The van der Waals surface area contributed by atoms with Crippen LogP contribution in [0.5, 0.6) is 0 Å². The Balaban J connectivity index is 1.64. The van der Waals surface area contributed by atoms with E-state index in [-0.39, 0.29) is 40.2 Å². The fraction of sp³-hybridized carbons (Fsp3) is 0.229. The number of carbonyl (C=O) groups excluding carboxylic acids is 2. The highest BCUT2D eigenvalue weighted by Crippen LogP contribution is 2.32. The minimum atomic E-state index is -5.39. The number of nitrogens with one attached hydrogen (secondary N) is 1. The number of para-hydroxylation sites is 1. The lowest BCUT2D eigenvalue weighted by Gasteiger charge is -2.22. The molecule has 0 fully saturated rings. The van der Waals surface area contributed by atoms with Crippen molar-refractivity contribution in [3.63, 3.8) is 0 Å². The van der Waals surface area contributed by atoms with Crippen molar-refractivity contribution in [2.75, 3.05) is 25.1 Å². The Hall–Kier alpha value is -5.74. The van der Waals surface area contributed by atoms with Crippen LogP contribution in [0.1, 0.15) is 27.9 Å². The zero-order valence-corrected chi connectivity index (χ0v) is 26.8. The molecule has 0 aliphatic carbocycles. The van der Waals surface area contributed by atoms with Gasteiger partial charge >= 0.3 is 12.1 Å². The Kier molecular flexibility index (Phi) is 11.1. The second-order valence-corrected chi connectivity index (χ2v) is 11.3. The van der Waals surface area contributed by atoms with Crippen molar-refractivity contribution >= 4 is 28.9 Å². The summed E-state index contributed by atoms with van der Waals surface area (Å²) in [7, 11) is 0. The lowest BCUT2D eigenvalue weighted by molar-refractivity contribution is -0.228. The van der Waals surface area contributed by atoms with Gasteiger partial charge in [0.15, 0.2) is 5.65 Å². The van der Waals surface area contributed by atoms with Crippen LogP contribution in [-0.4, -0.2) is 73.7 Å². The average molecular weight is 712 g/mol. The van der Waals surface area contributed by atoms with Crippen molar-refractivity contribution < 1.29 is 46.6 Å². The van der Waals surface area contributed by atoms with Gasteiger partial charge in [-0.1, -0.05) is 42.5 Å². The van der Waals surface area contributed by atoms with Gasteiger partial charge in [0, 0.05) is 22.6 Å². The van der Waals surface area contributed by atoms with Gasteiger partial charge in [-0.25, -0.2) is 18.6 Å². The Bertz CT molecular complexity index is 2100. The number of carbonyl (C=O) groups is 2. The molecule has 11 nitrogen and oxygen atoms in total. The molecule has 2 aromatic heterocycles. The van der Waals surface area contributed by atoms with Gasteiger partial charge < -0.3 is 20.4 Å². The first-order valence-electron chi connectivity index (χ1n) is 15.4. The Morgan fingerprint density at radius 1 is 0.941 bits per heavy atom. The van der Waals surface area contributed by atoms with Gasteiger partial charge in [-0.15, -0.1) is 0 Å². The number of aliphatic hydroxyl groups is 2. The maximum atomic E-state index is 15.0. The minimum Gasteiger partial charge on any atom is -0.394 e. The SMILES string of the molecule is Cc1ccc(C(=O)N(CCCc2ccccc2)OC(=O)C(F)(F)F)cc1-c1nc(NC(CO)CO)nc2c1ccc(=O)n2-c1c(F)cccc1F. The van der Waals surface area contributed by atoms with Gasteiger partial charge in [-0.3, -0.25) is 14.2 Å². The zero-order valence-electron chi connectivity index (χ0n) is 26.8. The van der Waals surface area contributed by atoms with E-state index in [2.05, 4.69) is 20.1 Å². The fourth-order valence-electron chi connectivity index (χ4n) is 5.20. The molecule has 51 heavy (non-hydrogen) atoms. The third-order valence-electron chi connectivity index (χ3n) is 7.75. The van der Waals surface area contributed by atoms with Gasteiger partial charge in [0.05, 0.1) is 31.5 Å². The number of rotatable bonds is 11. The van der Waals surface area contributed by atoms with E-state index < -0.39 is 66.7 Å². The summed E-state index contributed by atoms with van der Waals surface area (Å²) in [5.74, 6) is -6.16. The van der Waals surface area contributed by atoms with Gasteiger partial charge in [0.2, 0.25) is 5.95 Å². The number of halogens is 5. The number of benzene rings is 3. The van der Waals surface area contributed by atoms with E-state index in [1.54, 1.807) is 37.3 Å². The maximum absolute atomic E-state index is 15.0. The second-order valence-electron chi connectivity index (χ2n) is 11.3. The van der Waals surface area contributed by atoms with Crippen LogP contribution < -0.4 is 10.9 Å². The summed E-state index contributed by atoms with van der Waals surface area (Å²) in [5.41, 5.74) is -0.678. The number of hydroxylamine groups is 2. The molecule has 0 aliphatic heterocycles. The molecule has 5 rings (SSSR count). The predicted octanol–water partition coefficient (Wildman–Crippen LogP) is 4.89. The first kappa shape index (κ1) is 36.5. The number of amides is 1. The molecule has 2 heterocycles. The van der Waals surface area contributed by atoms with E-state index >= 15 is 8.78 Å². The molecule has 0 unspecified atom stereocenters. The zero-order chi connectivity index (χ0) is 36.9. The smallest absolute Gasteiger partial charge is 0.394 e. The second kappa shape index (κ2) is 15.4. The quantitative estimate of drug-likeness (QED) is 0.129. The molecule has 266 valence electrons. The summed E-state index contributed by atoms with van der Waals surface area (Å²) < 4.78 is 70.5. The van der Waals surface area contributed by atoms with Crippen LogP contribution in [0.4, 0.5) is 27.9 Å². The molecule has 0 saturated heterocycles. The molecule has 0 atom stereocenters. The van der Waals surface area contributed by atoms with E-state index in [0.717, 1.165) is 29.8 Å². The minimum absolute atomic E-state index is 0.00214. The number of aromatic nitrogens is 3. The molecule has 16 heteroatoms. The molecule has 1 amide bonds. The number of hydrogen-bond acceptors (Lipinski definition) is 9. The molecule has 0 bridgehead atoms. The largest absolute Gasteiger partial charge is 0.493 e. The van der Waals surface area contributed by atoms with Crippen molar-refractivity contribution in [3.8, 4) is 16.9 Å². The standard InChI is InChI=1S/C35H30F5N5O6/c1-20-12-13-22(32(49)44(51-33(50)35(38,39)40)16-6-9-21-7-3-2-4-8-21)17-25(20)29-24-14-15-28(48)45(30-26(36)10-5-11-27(30)37)31(24)43-34(42-29)41-23(18-46)19-47/h2-5,7-8,10-15,17,23,46-47H,6,9,16,18-19H2,1H3,(H,41,42,43). The maximum Gasteiger partial charge on any atom is 0.493 e. The number of nitrogens with zero attached hydrogens (tertiary/aromatic N) is 4. The summed E-state index contributed by atoms with van der Waals surface area (Å²) in [5, 5.41) is 22.4. The molecule has 3 aromatic carbocycles. The molecule has 5 aromatic rings. The van der Waals surface area contributed by atoms with Crippen LogP contribution >= 0.6 is 0 Å². The summed E-state index contributed by atoms with van der Waals surface area (Å²) in [6.45, 7) is 0.0449. The van der Waals surface area contributed by atoms with Crippen molar-refractivity contribution in [2.24, 2.45) is 0 Å². The normalized spacial score (nSPS) is 11.5. The first-order valence-corrected chi connectivity index (χ1v) is 15.4. The van der Waals surface area contributed by atoms with E-state index in [1.165, 1.54) is 24.3 Å². The van der Waals surface area contributed by atoms with Crippen LogP contribution in [0, 0.1) is 18.6 Å². The summed E-state index contributed by atoms with van der Waals surface area (Å²) in [6.07, 6.45) is -4.91. The Morgan fingerprint density at radius 2 is 1.63 bits per heavy atom. The van der Waals surface area contributed by atoms with E-state index in [4.69, 9.17) is 0 Å². The molecule has 0 radical (unpaired) electrons. The monoisotopic (exact) mass is 711 g/mol. The van der Waals surface area contributed by atoms with Crippen molar-refractivity contribution in [3.05, 3.63) is 118 Å². The third-order valence-corrected chi connectivity index (χ3v) is 7.75. The fourth-order valence-corrected chi connectivity index (χ4v) is 5.20. The lowest BCUT2D eigenvalue weighted by Crippen LogP contribution is -2.39. The van der Waals surface area contributed by atoms with Crippen LogP contribution in [-0.2, 0) is 16.1 Å². The number of fused-ring (bicyclic) bond motifs is 1. The van der Waals surface area contributed by atoms with Crippen molar-refractivity contribution in [2.45, 2.75) is 32.0 Å². The highest BCUT2D eigenvalue weighted by Gasteiger charge is 2.43. The summed E-state index contributed by atoms with van der Waals surface area (Å²) in [6, 6.07) is 17.2. The number of hydrogen-bond donors (Lipinski definition) is 3. The van der Waals surface area contributed by atoms with Crippen LogP contribution in [0.2, 0.25) is 0 Å². The molecule has 0 saturated carbocycles. The molecule has 3 N–H and O–H groups in total.